The predicted molar refractivity (Wildman–Crippen MR) is 69.3 cm³/mol. The number of thioether (sulfide) groups is 1. The van der Waals surface area contributed by atoms with E-state index < -0.39 is 10.0 Å². The normalized spacial score (nSPS) is 13.8. The van der Waals surface area contributed by atoms with Gasteiger partial charge in [0.15, 0.2) is 5.03 Å². The first-order chi connectivity index (χ1) is 8.01. The highest BCUT2D eigenvalue weighted by molar-refractivity contribution is 7.99. The zero-order chi connectivity index (χ0) is 12.9. The number of hydrogen-bond acceptors (Lipinski definition) is 5. The van der Waals surface area contributed by atoms with Gasteiger partial charge in [0.05, 0.1) is 6.20 Å². The molecule has 6 nitrogen and oxygen atoms in total. The van der Waals surface area contributed by atoms with E-state index in [0.717, 1.165) is 6.42 Å². The molecule has 0 amide bonds. The number of H-pyrrole nitrogens is 1. The number of hydrogen-bond donors (Lipinski definition) is 3. The average molecular weight is 278 g/mol. The monoisotopic (exact) mass is 278 g/mol. The third-order valence-electron chi connectivity index (χ3n) is 2.41. The van der Waals surface area contributed by atoms with Gasteiger partial charge < -0.3 is 5.73 Å². The smallest absolute Gasteiger partial charge is 0.257 e. The zero-order valence-electron chi connectivity index (χ0n) is 9.93. The summed E-state index contributed by atoms with van der Waals surface area (Å²) in [6, 6.07) is 0. The third-order valence-corrected chi connectivity index (χ3v) is 4.93. The number of nitrogens with two attached hydrogens (primary N) is 1. The second-order valence-corrected chi connectivity index (χ2v) is 6.64. The molecule has 1 rings (SSSR count). The van der Waals surface area contributed by atoms with E-state index >= 15 is 0 Å². The summed E-state index contributed by atoms with van der Waals surface area (Å²) in [5.41, 5.74) is 5.93. The van der Waals surface area contributed by atoms with Crippen molar-refractivity contribution in [1.82, 2.24) is 14.9 Å². The Morgan fingerprint density at radius 2 is 2.35 bits per heavy atom. The second kappa shape index (κ2) is 6.39. The number of aromatic nitrogens is 2. The number of sulfonamides is 1. The molecule has 4 N–H and O–H groups in total. The van der Waals surface area contributed by atoms with Gasteiger partial charge in [0.1, 0.15) is 0 Å². The van der Waals surface area contributed by atoms with Crippen LogP contribution in [0.1, 0.15) is 18.9 Å². The minimum absolute atomic E-state index is 0.0665. The van der Waals surface area contributed by atoms with Crippen LogP contribution < -0.4 is 10.5 Å². The highest BCUT2D eigenvalue weighted by Crippen LogP contribution is 2.12. The molecule has 0 saturated heterocycles. The van der Waals surface area contributed by atoms with Crippen LogP contribution in [0.2, 0.25) is 0 Å². The molecule has 1 atom stereocenters. The van der Waals surface area contributed by atoms with Gasteiger partial charge in [-0.05, 0) is 12.7 Å². The van der Waals surface area contributed by atoms with Crippen LogP contribution in [-0.2, 0) is 16.6 Å². The SMILES string of the molecule is CSC(C)CCNS(=O)(=O)c1[nH]ncc1CN. The Balaban J connectivity index is 2.63. The van der Waals surface area contributed by atoms with Gasteiger partial charge in [-0.15, -0.1) is 0 Å². The summed E-state index contributed by atoms with van der Waals surface area (Å²) in [4.78, 5) is 0. The first kappa shape index (κ1) is 14.5. The lowest BCUT2D eigenvalue weighted by Gasteiger charge is -2.09. The molecule has 0 spiro atoms. The maximum Gasteiger partial charge on any atom is 0.257 e. The van der Waals surface area contributed by atoms with Crippen LogP contribution >= 0.6 is 11.8 Å². The van der Waals surface area contributed by atoms with Crippen LogP contribution in [-0.4, -0.2) is 36.7 Å². The van der Waals surface area contributed by atoms with Crippen molar-refractivity contribution in [3.8, 4) is 0 Å². The average Bonchev–Trinajstić information content (AvgIpc) is 2.77. The Bertz CT molecular complexity index is 444. The van der Waals surface area contributed by atoms with Crippen LogP contribution in [0.15, 0.2) is 11.2 Å². The van der Waals surface area contributed by atoms with Crippen LogP contribution in [0, 0.1) is 0 Å². The molecule has 0 saturated carbocycles. The van der Waals surface area contributed by atoms with E-state index in [2.05, 4.69) is 21.8 Å². The lowest BCUT2D eigenvalue weighted by Crippen LogP contribution is -2.27. The zero-order valence-corrected chi connectivity index (χ0v) is 11.6. The standard InChI is InChI=1S/C9H18N4O2S2/c1-7(16-2)3-4-12-17(14,15)9-8(5-10)6-11-13-9/h6-7,12H,3-5,10H2,1-2H3,(H,11,13). The molecule has 1 unspecified atom stereocenters. The van der Waals surface area contributed by atoms with Gasteiger partial charge in [-0.1, -0.05) is 6.92 Å². The number of aromatic amines is 1. The van der Waals surface area contributed by atoms with Crippen molar-refractivity contribution in [3.63, 3.8) is 0 Å². The van der Waals surface area contributed by atoms with E-state index in [4.69, 9.17) is 5.73 Å². The maximum atomic E-state index is 11.9. The minimum Gasteiger partial charge on any atom is -0.326 e. The van der Waals surface area contributed by atoms with E-state index in [1.807, 2.05) is 6.26 Å². The van der Waals surface area contributed by atoms with Gasteiger partial charge in [0, 0.05) is 23.9 Å². The van der Waals surface area contributed by atoms with Gasteiger partial charge in [0.25, 0.3) is 10.0 Å². The predicted octanol–water partition coefficient (Wildman–Crippen LogP) is 0.288. The highest BCUT2D eigenvalue weighted by Gasteiger charge is 2.19. The highest BCUT2D eigenvalue weighted by atomic mass is 32.2. The Morgan fingerprint density at radius 1 is 1.65 bits per heavy atom. The summed E-state index contributed by atoms with van der Waals surface area (Å²) in [6.07, 6.45) is 4.21. The summed E-state index contributed by atoms with van der Waals surface area (Å²) in [7, 11) is -3.52. The summed E-state index contributed by atoms with van der Waals surface area (Å²) >= 11 is 1.71. The van der Waals surface area contributed by atoms with E-state index in [1.54, 1.807) is 11.8 Å². The van der Waals surface area contributed by atoms with Crippen LogP contribution in [0.5, 0.6) is 0 Å². The number of nitrogens with zero attached hydrogens (tertiary/aromatic N) is 1. The molecule has 1 aromatic rings. The second-order valence-electron chi connectivity index (χ2n) is 3.66. The molecule has 1 heterocycles. The molecule has 17 heavy (non-hydrogen) atoms. The van der Waals surface area contributed by atoms with Gasteiger partial charge in [-0.25, -0.2) is 13.1 Å². The first-order valence-electron chi connectivity index (χ1n) is 5.26. The fraction of sp³-hybridized carbons (Fsp3) is 0.667. The van der Waals surface area contributed by atoms with Crippen molar-refractivity contribution >= 4 is 21.8 Å². The molecule has 98 valence electrons. The molecule has 1 aromatic heterocycles. The van der Waals surface area contributed by atoms with Gasteiger partial charge >= 0.3 is 0 Å². The molecule has 0 fully saturated rings. The van der Waals surface area contributed by atoms with E-state index in [9.17, 15) is 8.42 Å². The Hall–Kier alpha value is -0.570. The molecular formula is C9H18N4O2S2. The van der Waals surface area contributed by atoms with Crippen molar-refractivity contribution in [2.45, 2.75) is 30.2 Å². The summed E-state index contributed by atoms with van der Waals surface area (Å²) in [6.45, 7) is 2.61. The lowest BCUT2D eigenvalue weighted by molar-refractivity contribution is 0.573. The third kappa shape index (κ3) is 3.98. The fourth-order valence-electron chi connectivity index (χ4n) is 1.26. The van der Waals surface area contributed by atoms with Gasteiger partial charge in [-0.2, -0.15) is 16.9 Å². The summed E-state index contributed by atoms with van der Waals surface area (Å²) < 4.78 is 26.3. The van der Waals surface area contributed by atoms with Crippen molar-refractivity contribution in [2.75, 3.05) is 12.8 Å². The van der Waals surface area contributed by atoms with Crippen molar-refractivity contribution in [1.29, 1.82) is 0 Å². The quantitative estimate of drug-likeness (QED) is 0.665. The molecule has 8 heteroatoms. The molecule has 0 bridgehead atoms. The number of rotatable bonds is 7. The summed E-state index contributed by atoms with van der Waals surface area (Å²) in [5, 5.41) is 6.64. The molecule has 0 aliphatic rings. The lowest BCUT2D eigenvalue weighted by atomic mass is 10.3. The number of nitrogens with one attached hydrogen (secondary N) is 2. The van der Waals surface area contributed by atoms with Crippen molar-refractivity contribution < 1.29 is 8.42 Å². The van der Waals surface area contributed by atoms with Crippen molar-refractivity contribution in [2.24, 2.45) is 5.73 Å². The minimum atomic E-state index is -3.52. The first-order valence-corrected chi connectivity index (χ1v) is 8.03. The Labute approximate surface area is 106 Å². The van der Waals surface area contributed by atoms with E-state index in [-0.39, 0.29) is 11.6 Å². The fourth-order valence-corrected chi connectivity index (χ4v) is 2.80. The molecule has 0 radical (unpaired) electrons. The Morgan fingerprint density at radius 3 is 2.94 bits per heavy atom. The van der Waals surface area contributed by atoms with Crippen LogP contribution in [0.25, 0.3) is 0 Å². The largest absolute Gasteiger partial charge is 0.326 e. The van der Waals surface area contributed by atoms with Crippen LogP contribution in [0.4, 0.5) is 0 Å². The molecule has 0 aromatic carbocycles. The molecule has 0 aliphatic heterocycles. The van der Waals surface area contributed by atoms with Gasteiger partial charge in [0.2, 0.25) is 0 Å². The van der Waals surface area contributed by atoms with Gasteiger partial charge in [-0.3, -0.25) is 5.10 Å². The molecule has 0 aliphatic carbocycles. The molecular weight excluding hydrogens is 260 g/mol. The maximum absolute atomic E-state index is 11.9. The van der Waals surface area contributed by atoms with E-state index in [0.29, 0.717) is 17.4 Å². The topological polar surface area (TPSA) is 101 Å². The van der Waals surface area contributed by atoms with E-state index in [1.165, 1.54) is 6.20 Å². The summed E-state index contributed by atoms with van der Waals surface area (Å²) in [5.74, 6) is 0. The Kier molecular flexibility index (Phi) is 5.44. The van der Waals surface area contributed by atoms with Crippen molar-refractivity contribution in [3.05, 3.63) is 11.8 Å². The van der Waals surface area contributed by atoms with Crippen LogP contribution in [0.3, 0.4) is 0 Å².